The van der Waals surface area contributed by atoms with Crippen LogP contribution in [0.5, 0.6) is 0 Å². The van der Waals surface area contributed by atoms with Crippen LogP contribution in [0.2, 0.25) is 0 Å². The number of carbonyl (C=O) groups is 5. The third-order valence-corrected chi connectivity index (χ3v) is 10.1. The summed E-state index contributed by atoms with van der Waals surface area (Å²) < 4.78 is 64.3. The molecule has 52 heavy (non-hydrogen) atoms. The summed E-state index contributed by atoms with van der Waals surface area (Å²) in [5.41, 5.74) is 0.180. The number of anilines is 2. The van der Waals surface area contributed by atoms with Gasteiger partial charge in [-0.1, -0.05) is 48.6 Å². The molecule has 0 saturated heterocycles. The van der Waals surface area contributed by atoms with Crippen molar-refractivity contribution in [3.05, 3.63) is 130 Å². The van der Waals surface area contributed by atoms with E-state index in [-0.39, 0.29) is 43.7 Å². The number of allylic oxidation sites excluding steroid dienone is 10. The molecule has 2 aromatic carbocycles. The Hall–Kier alpha value is -6.01. The first-order valence-corrected chi connectivity index (χ1v) is 18.2. The molecule has 264 valence electrons. The van der Waals surface area contributed by atoms with Gasteiger partial charge in [-0.05, 0) is 60.7 Å². The van der Waals surface area contributed by atoms with Gasteiger partial charge in [0.15, 0.2) is 11.6 Å². The maximum Gasteiger partial charge on any atom is 0.323 e. The molecule has 0 aliphatic heterocycles. The lowest BCUT2D eigenvalue weighted by Crippen LogP contribution is -2.32. The van der Waals surface area contributed by atoms with E-state index in [0.717, 1.165) is 12.2 Å². The van der Waals surface area contributed by atoms with Crippen LogP contribution in [0.15, 0.2) is 129 Å². The van der Waals surface area contributed by atoms with E-state index >= 15 is 0 Å². The molecule has 4 atom stereocenters. The van der Waals surface area contributed by atoms with Gasteiger partial charge in [-0.25, -0.2) is 14.8 Å². The molecule has 4 aliphatic rings. The van der Waals surface area contributed by atoms with Gasteiger partial charge in [-0.3, -0.25) is 28.3 Å². The molecule has 4 amide bonds. The van der Waals surface area contributed by atoms with Crippen LogP contribution in [-0.4, -0.2) is 66.8 Å². The zero-order chi connectivity index (χ0) is 37.4. The van der Waals surface area contributed by atoms with Crippen molar-refractivity contribution in [3.8, 4) is 0 Å². The summed E-state index contributed by atoms with van der Waals surface area (Å²) in [4.78, 5) is 71.9. The van der Waals surface area contributed by atoms with Crippen molar-refractivity contribution < 1.29 is 49.9 Å². The molecule has 0 saturated carbocycles. The Kier molecular flexibility index (Phi) is 9.61. The van der Waals surface area contributed by atoms with Crippen LogP contribution in [0.25, 0.3) is 0 Å². The minimum Gasteiger partial charge on any atom is -0.308 e. The second kappa shape index (κ2) is 14.0. The second-order valence-corrected chi connectivity index (χ2v) is 14.6. The SMILES string of the molecule is O=C(Nc1cccc(C(=O)N=C2C=CC3C=C(S(=O)(=O)O)C=CC3C2=O)c1)Nc1cccc(C(=O)N=C2C=CC3C=C(S(=O)(=O)O)C=CC3C2=O)c1. The summed E-state index contributed by atoms with van der Waals surface area (Å²) in [6.07, 6.45) is 13.0. The van der Waals surface area contributed by atoms with Crippen LogP contribution in [0.1, 0.15) is 20.7 Å². The van der Waals surface area contributed by atoms with Gasteiger partial charge in [0.1, 0.15) is 11.4 Å². The number of ketones is 2. The largest absolute Gasteiger partial charge is 0.323 e. The van der Waals surface area contributed by atoms with Gasteiger partial charge in [-0.15, -0.1) is 0 Å². The average molecular weight is 743 g/mol. The number of rotatable bonds is 6. The first-order valence-electron chi connectivity index (χ1n) is 15.3. The zero-order valence-electron chi connectivity index (χ0n) is 26.5. The van der Waals surface area contributed by atoms with Crippen LogP contribution in [-0.2, 0) is 29.8 Å². The highest BCUT2D eigenvalue weighted by atomic mass is 32.2. The van der Waals surface area contributed by atoms with E-state index in [1.54, 1.807) is 0 Å². The minimum absolute atomic E-state index is 0.0457. The van der Waals surface area contributed by atoms with Gasteiger partial charge in [0.05, 0.1) is 21.6 Å². The number of benzene rings is 2. The Bertz CT molecular complexity index is 2270. The van der Waals surface area contributed by atoms with Gasteiger partial charge in [-0.2, -0.15) is 16.8 Å². The highest BCUT2D eigenvalue weighted by Crippen LogP contribution is 2.32. The van der Waals surface area contributed by atoms with Crippen LogP contribution >= 0.6 is 0 Å². The number of nitrogens with zero attached hydrogens (tertiary/aromatic N) is 2. The first kappa shape index (κ1) is 35.8. The number of amides is 4. The number of urea groups is 1. The third kappa shape index (κ3) is 7.82. The van der Waals surface area contributed by atoms with Gasteiger partial charge >= 0.3 is 6.03 Å². The quantitative estimate of drug-likeness (QED) is 0.309. The molecule has 17 heteroatoms. The van der Waals surface area contributed by atoms with Crippen molar-refractivity contribution in [1.29, 1.82) is 0 Å². The summed E-state index contributed by atoms with van der Waals surface area (Å²) in [5.74, 6) is -5.50. The summed E-state index contributed by atoms with van der Waals surface area (Å²) in [6, 6.07) is 10.8. The minimum atomic E-state index is -4.45. The third-order valence-electron chi connectivity index (χ3n) is 8.32. The fraction of sp³-hybridized carbons (Fsp3) is 0.114. The monoisotopic (exact) mass is 742 g/mol. The van der Waals surface area contributed by atoms with E-state index in [2.05, 4.69) is 20.6 Å². The maximum absolute atomic E-state index is 13.0. The summed E-state index contributed by atoms with van der Waals surface area (Å²) in [7, 11) is -8.91. The molecule has 0 fully saturated rings. The highest BCUT2D eigenvalue weighted by molar-refractivity contribution is 7.90. The fourth-order valence-electron chi connectivity index (χ4n) is 5.77. The smallest absolute Gasteiger partial charge is 0.308 e. The van der Waals surface area contributed by atoms with Gasteiger partial charge < -0.3 is 10.6 Å². The maximum atomic E-state index is 13.0. The normalized spacial score (nSPS) is 23.8. The average Bonchev–Trinajstić information content (AvgIpc) is 3.09. The number of Topliss-reactive ketones (excluding diaryl/α,β-unsaturated/α-hetero) is 2. The van der Waals surface area contributed by atoms with Crippen molar-refractivity contribution >= 4 is 72.4 Å². The van der Waals surface area contributed by atoms with E-state index in [4.69, 9.17) is 0 Å². The van der Waals surface area contributed by atoms with Gasteiger partial charge in [0.25, 0.3) is 32.1 Å². The number of nitrogens with one attached hydrogen (secondary N) is 2. The van der Waals surface area contributed by atoms with E-state index in [1.807, 2.05) is 0 Å². The molecular weight excluding hydrogens is 717 g/mol. The Morgan fingerprint density at radius 3 is 1.38 bits per heavy atom. The Balaban J connectivity index is 1.10. The Morgan fingerprint density at radius 2 is 1.00 bits per heavy atom. The predicted octanol–water partition coefficient (Wildman–Crippen LogP) is 3.92. The van der Waals surface area contributed by atoms with Crippen molar-refractivity contribution in [2.45, 2.75) is 0 Å². The molecule has 4 aliphatic carbocycles. The van der Waals surface area contributed by atoms with E-state index in [1.165, 1.54) is 97.1 Å². The Labute approximate surface area is 296 Å². The molecule has 0 aromatic heterocycles. The van der Waals surface area contributed by atoms with E-state index in [9.17, 15) is 49.9 Å². The molecule has 0 spiro atoms. The number of hydrogen-bond acceptors (Lipinski definition) is 9. The van der Waals surface area contributed by atoms with Gasteiger partial charge in [0.2, 0.25) is 0 Å². The van der Waals surface area contributed by atoms with Crippen molar-refractivity contribution in [1.82, 2.24) is 0 Å². The van der Waals surface area contributed by atoms with Gasteiger partial charge in [0, 0.05) is 34.3 Å². The van der Waals surface area contributed by atoms with E-state index in [0.29, 0.717) is 0 Å². The summed E-state index contributed by atoms with van der Waals surface area (Å²) in [5, 5.41) is 5.13. The highest BCUT2D eigenvalue weighted by Gasteiger charge is 2.35. The Morgan fingerprint density at radius 1 is 0.596 bits per heavy atom. The molecule has 0 heterocycles. The number of aliphatic imine (C=N–C) groups is 2. The van der Waals surface area contributed by atoms with E-state index < -0.39 is 73.3 Å². The molecule has 4 N–H and O–H groups in total. The fourth-order valence-corrected chi connectivity index (χ4v) is 6.93. The number of carbonyl (C=O) groups excluding carboxylic acids is 5. The van der Waals surface area contributed by atoms with Crippen molar-refractivity contribution in [2.24, 2.45) is 33.7 Å². The van der Waals surface area contributed by atoms with Crippen LogP contribution < -0.4 is 10.6 Å². The topological polar surface area (TPSA) is 243 Å². The van der Waals surface area contributed by atoms with Crippen molar-refractivity contribution in [2.75, 3.05) is 10.6 Å². The molecule has 4 unspecified atom stereocenters. The lowest BCUT2D eigenvalue weighted by molar-refractivity contribution is -0.116. The van der Waals surface area contributed by atoms with Crippen LogP contribution in [0.3, 0.4) is 0 Å². The van der Waals surface area contributed by atoms with Crippen molar-refractivity contribution in [3.63, 3.8) is 0 Å². The zero-order valence-corrected chi connectivity index (χ0v) is 28.1. The molecule has 2 aromatic rings. The number of hydrogen-bond donors (Lipinski definition) is 4. The molecule has 15 nitrogen and oxygen atoms in total. The van der Waals surface area contributed by atoms with Crippen LogP contribution in [0, 0.1) is 23.7 Å². The first-order chi connectivity index (χ1) is 24.6. The summed E-state index contributed by atoms with van der Waals surface area (Å²) in [6.45, 7) is 0. The standard InChI is InChI=1S/C35H26N4O11S2/c40-31-27-11-9-25(51(45,46)47)17-19(27)7-13-29(31)38-33(42)21-3-1-5-23(15-21)36-35(44)37-24-6-2-4-22(16-24)34(43)39-30-14-8-20-18-26(52(48,49)50)10-12-28(20)32(30)41/h1-20,27-28H,(H2,36,37,44)(H,45,46,47)(H,48,49,50). The molecule has 0 bridgehead atoms. The predicted molar refractivity (Wildman–Crippen MR) is 189 cm³/mol. The molecule has 6 rings (SSSR count). The summed E-state index contributed by atoms with van der Waals surface area (Å²) >= 11 is 0. The molecule has 0 radical (unpaired) electrons. The second-order valence-electron chi connectivity index (χ2n) is 11.8. The lowest BCUT2D eigenvalue weighted by Gasteiger charge is -2.25. The van der Waals surface area contributed by atoms with Crippen LogP contribution in [0.4, 0.5) is 16.2 Å². The number of fused-ring (bicyclic) bond motifs is 2. The lowest BCUT2D eigenvalue weighted by atomic mass is 9.79. The molecular formula is C35H26N4O11S2.